The SMILES string of the molecule is O=C(O)CC(NC(=O)C1N(C(=O)CCc2ccccc2)CCN1S(=O)(=O)Cc1ccccc1)C1CCCCC1. The van der Waals surface area contributed by atoms with Crippen molar-refractivity contribution in [2.24, 2.45) is 5.92 Å². The zero-order valence-corrected chi connectivity index (χ0v) is 22.9. The van der Waals surface area contributed by atoms with Crippen molar-refractivity contribution in [3.8, 4) is 0 Å². The lowest BCUT2D eigenvalue weighted by atomic mass is 9.82. The predicted molar refractivity (Wildman–Crippen MR) is 147 cm³/mol. The van der Waals surface area contributed by atoms with Crippen molar-refractivity contribution in [1.82, 2.24) is 14.5 Å². The Balaban J connectivity index is 1.57. The van der Waals surface area contributed by atoms with Crippen molar-refractivity contribution >= 4 is 27.8 Å². The summed E-state index contributed by atoms with van der Waals surface area (Å²) in [6.45, 7) is 0.0874. The van der Waals surface area contributed by atoms with E-state index in [2.05, 4.69) is 5.32 Å². The number of hydrogen-bond donors (Lipinski definition) is 2. The topological polar surface area (TPSA) is 124 Å². The summed E-state index contributed by atoms with van der Waals surface area (Å²) in [4.78, 5) is 40.1. The zero-order valence-electron chi connectivity index (χ0n) is 22.1. The maximum atomic E-state index is 13.8. The highest BCUT2D eigenvalue weighted by Crippen LogP contribution is 2.29. The van der Waals surface area contributed by atoms with E-state index in [0.717, 1.165) is 42.0 Å². The molecule has 2 atom stereocenters. The van der Waals surface area contributed by atoms with Crippen molar-refractivity contribution in [3.63, 3.8) is 0 Å². The van der Waals surface area contributed by atoms with Gasteiger partial charge in [0, 0.05) is 25.6 Å². The number of sulfonamides is 1. The molecule has 1 aliphatic carbocycles. The Bertz CT molecular complexity index is 1230. The van der Waals surface area contributed by atoms with E-state index in [1.807, 2.05) is 30.3 Å². The standard InChI is InChI=1S/C29H37N3O6S/c33-26(17-16-22-10-4-1-5-11-22)31-18-19-32(39(37,38)21-23-12-6-2-7-13-23)29(31)28(36)30-25(20-27(34)35)24-14-8-3-9-15-24/h1-2,4-7,10-13,24-25,29H,3,8-9,14-21H2,(H,30,36)(H,34,35). The van der Waals surface area contributed by atoms with Gasteiger partial charge in [-0.3, -0.25) is 14.4 Å². The van der Waals surface area contributed by atoms with E-state index in [4.69, 9.17) is 0 Å². The molecule has 2 unspecified atom stereocenters. The number of nitrogens with one attached hydrogen (secondary N) is 1. The Morgan fingerprint density at radius 1 is 0.897 bits per heavy atom. The molecule has 9 nitrogen and oxygen atoms in total. The van der Waals surface area contributed by atoms with Gasteiger partial charge in [0.2, 0.25) is 15.9 Å². The molecule has 1 heterocycles. The lowest BCUT2D eigenvalue weighted by molar-refractivity contribution is -0.142. The zero-order chi connectivity index (χ0) is 27.8. The highest BCUT2D eigenvalue weighted by Gasteiger charge is 2.46. The largest absolute Gasteiger partial charge is 0.481 e. The molecule has 4 rings (SSSR count). The van der Waals surface area contributed by atoms with Gasteiger partial charge in [-0.1, -0.05) is 79.9 Å². The molecule has 210 valence electrons. The quantitative estimate of drug-likeness (QED) is 0.439. The molecule has 10 heteroatoms. The van der Waals surface area contributed by atoms with Crippen LogP contribution in [0.25, 0.3) is 0 Å². The number of aryl methyl sites for hydroxylation is 1. The van der Waals surface area contributed by atoms with Crippen LogP contribution in [0.15, 0.2) is 60.7 Å². The minimum atomic E-state index is -3.96. The van der Waals surface area contributed by atoms with Gasteiger partial charge >= 0.3 is 5.97 Å². The summed E-state index contributed by atoms with van der Waals surface area (Å²) in [5.41, 5.74) is 1.55. The van der Waals surface area contributed by atoms with E-state index >= 15 is 0 Å². The molecule has 0 spiro atoms. The molecule has 2 N–H and O–H groups in total. The number of carboxylic acids is 1. The van der Waals surface area contributed by atoms with Crippen LogP contribution in [0.3, 0.4) is 0 Å². The number of amides is 2. The molecule has 2 amide bonds. The molecular formula is C29H37N3O6S. The number of aliphatic carboxylic acids is 1. The molecule has 2 aromatic rings. The van der Waals surface area contributed by atoms with Gasteiger partial charge in [0.05, 0.1) is 12.2 Å². The number of benzene rings is 2. The van der Waals surface area contributed by atoms with Crippen LogP contribution in [0.1, 0.15) is 56.1 Å². The first kappa shape index (κ1) is 28.8. The normalized spacial score (nSPS) is 19.5. The van der Waals surface area contributed by atoms with Crippen LogP contribution >= 0.6 is 0 Å². The third-order valence-electron chi connectivity index (χ3n) is 7.64. The van der Waals surface area contributed by atoms with Crippen molar-refractivity contribution < 1.29 is 27.9 Å². The summed E-state index contributed by atoms with van der Waals surface area (Å²) >= 11 is 0. The minimum absolute atomic E-state index is 0.00262. The summed E-state index contributed by atoms with van der Waals surface area (Å²) in [6.07, 6.45) is 3.58. The highest BCUT2D eigenvalue weighted by atomic mass is 32.2. The van der Waals surface area contributed by atoms with Crippen molar-refractivity contribution in [2.45, 2.75) is 69.3 Å². The Labute approximate surface area is 230 Å². The van der Waals surface area contributed by atoms with Gasteiger partial charge < -0.3 is 15.3 Å². The van der Waals surface area contributed by atoms with Crippen LogP contribution in [0, 0.1) is 5.92 Å². The van der Waals surface area contributed by atoms with Crippen molar-refractivity contribution in [2.75, 3.05) is 13.1 Å². The highest BCUT2D eigenvalue weighted by molar-refractivity contribution is 7.88. The first-order valence-corrected chi connectivity index (χ1v) is 15.2. The van der Waals surface area contributed by atoms with Crippen LogP contribution in [-0.2, 0) is 36.6 Å². The smallest absolute Gasteiger partial charge is 0.305 e. The van der Waals surface area contributed by atoms with Crippen LogP contribution in [-0.4, -0.2) is 65.8 Å². The van der Waals surface area contributed by atoms with Crippen LogP contribution < -0.4 is 5.32 Å². The Morgan fingerprint density at radius 2 is 1.51 bits per heavy atom. The van der Waals surface area contributed by atoms with Crippen LogP contribution in [0.5, 0.6) is 0 Å². The van der Waals surface area contributed by atoms with Gasteiger partial charge in [-0.15, -0.1) is 0 Å². The van der Waals surface area contributed by atoms with Gasteiger partial charge in [0.1, 0.15) is 0 Å². The molecule has 2 aliphatic rings. The molecule has 1 saturated heterocycles. The summed E-state index contributed by atoms with van der Waals surface area (Å²) < 4.78 is 28.2. The average Bonchev–Trinajstić information content (AvgIpc) is 3.39. The molecule has 1 saturated carbocycles. The number of carbonyl (C=O) groups is 3. The molecule has 0 aromatic heterocycles. The minimum Gasteiger partial charge on any atom is -0.481 e. The van der Waals surface area contributed by atoms with Crippen LogP contribution in [0.2, 0.25) is 0 Å². The second kappa shape index (κ2) is 13.2. The third kappa shape index (κ3) is 7.67. The molecule has 2 aromatic carbocycles. The van der Waals surface area contributed by atoms with Crippen molar-refractivity contribution in [3.05, 3.63) is 71.8 Å². The lowest BCUT2D eigenvalue weighted by Crippen LogP contribution is -2.57. The van der Waals surface area contributed by atoms with Gasteiger partial charge in [-0.2, -0.15) is 4.31 Å². The summed E-state index contributed by atoms with van der Waals surface area (Å²) in [5.74, 6) is -2.29. The fraction of sp³-hybridized carbons (Fsp3) is 0.483. The van der Waals surface area contributed by atoms with E-state index in [9.17, 15) is 27.9 Å². The number of carboxylic acid groups (broad SMARTS) is 1. The maximum Gasteiger partial charge on any atom is 0.305 e. The van der Waals surface area contributed by atoms with E-state index in [-0.39, 0.29) is 43.5 Å². The second-order valence-electron chi connectivity index (χ2n) is 10.4. The fourth-order valence-electron chi connectivity index (χ4n) is 5.66. The number of carbonyl (C=O) groups excluding carboxylic acids is 2. The molecule has 0 radical (unpaired) electrons. The average molecular weight is 556 g/mol. The second-order valence-corrected chi connectivity index (χ2v) is 12.3. The fourth-order valence-corrected chi connectivity index (χ4v) is 7.31. The lowest BCUT2D eigenvalue weighted by Gasteiger charge is -2.34. The van der Waals surface area contributed by atoms with E-state index in [1.54, 1.807) is 30.3 Å². The van der Waals surface area contributed by atoms with Gasteiger partial charge in [0.25, 0.3) is 5.91 Å². The van der Waals surface area contributed by atoms with Gasteiger partial charge in [-0.25, -0.2) is 8.42 Å². The maximum absolute atomic E-state index is 13.8. The number of hydrogen-bond acceptors (Lipinski definition) is 5. The number of rotatable bonds is 11. The molecule has 39 heavy (non-hydrogen) atoms. The predicted octanol–water partition coefficient (Wildman–Crippen LogP) is 3.16. The first-order chi connectivity index (χ1) is 18.7. The Kier molecular flexibility index (Phi) is 9.74. The molecule has 1 aliphatic heterocycles. The summed E-state index contributed by atoms with van der Waals surface area (Å²) in [7, 11) is -3.96. The monoisotopic (exact) mass is 555 g/mol. The van der Waals surface area contributed by atoms with Crippen molar-refractivity contribution in [1.29, 1.82) is 0 Å². The Hall–Kier alpha value is -3.24. The van der Waals surface area contributed by atoms with E-state index < -0.39 is 34.1 Å². The van der Waals surface area contributed by atoms with Gasteiger partial charge in [-0.05, 0) is 36.3 Å². The molecule has 2 fully saturated rings. The number of nitrogens with zero attached hydrogens (tertiary/aromatic N) is 2. The third-order valence-corrected chi connectivity index (χ3v) is 9.44. The Morgan fingerprint density at radius 3 is 2.13 bits per heavy atom. The summed E-state index contributed by atoms with van der Waals surface area (Å²) in [5, 5.41) is 12.4. The molecule has 0 bridgehead atoms. The molecular weight excluding hydrogens is 518 g/mol. The van der Waals surface area contributed by atoms with Gasteiger partial charge in [0.15, 0.2) is 6.17 Å². The summed E-state index contributed by atoms with van der Waals surface area (Å²) in [6, 6.07) is 17.6. The van der Waals surface area contributed by atoms with E-state index in [1.165, 1.54) is 4.90 Å². The first-order valence-electron chi connectivity index (χ1n) is 13.6. The van der Waals surface area contributed by atoms with E-state index in [0.29, 0.717) is 12.0 Å². The van der Waals surface area contributed by atoms with Crippen LogP contribution in [0.4, 0.5) is 0 Å².